The number of amides is 2. The van der Waals surface area contributed by atoms with Crippen LogP contribution in [0, 0.1) is 10.1 Å². The van der Waals surface area contributed by atoms with Crippen molar-refractivity contribution >= 4 is 34.7 Å². The molecule has 7 nitrogen and oxygen atoms in total. The molecular weight excluding hydrogens is 356 g/mol. The molecule has 8 heteroatoms. The molecule has 3 rings (SSSR count). The van der Waals surface area contributed by atoms with Crippen LogP contribution >= 0.6 is 11.8 Å². The summed E-state index contributed by atoms with van der Waals surface area (Å²) in [7, 11) is 1.55. The summed E-state index contributed by atoms with van der Waals surface area (Å²) < 4.78 is 5.15. The van der Waals surface area contributed by atoms with Gasteiger partial charge in [0, 0.05) is 12.1 Å². The van der Waals surface area contributed by atoms with Gasteiger partial charge in [-0.15, -0.1) is 0 Å². The molecule has 1 aliphatic rings. The molecule has 132 valence electrons. The number of ether oxygens (including phenoxy) is 1. The quantitative estimate of drug-likeness (QED) is 0.451. The van der Waals surface area contributed by atoms with Gasteiger partial charge in [0.25, 0.3) is 16.8 Å². The molecule has 0 saturated carbocycles. The summed E-state index contributed by atoms with van der Waals surface area (Å²) in [4.78, 5) is 36.4. The Balaban J connectivity index is 1.78. The summed E-state index contributed by atoms with van der Waals surface area (Å²) >= 11 is 0.867. The molecule has 0 radical (unpaired) electrons. The van der Waals surface area contributed by atoms with Crippen molar-refractivity contribution < 1.29 is 19.2 Å². The van der Waals surface area contributed by atoms with Crippen molar-refractivity contribution in [3.63, 3.8) is 0 Å². The highest BCUT2D eigenvalue weighted by Gasteiger charge is 2.35. The van der Waals surface area contributed by atoms with E-state index in [0.29, 0.717) is 16.2 Å². The smallest absolute Gasteiger partial charge is 0.293 e. The van der Waals surface area contributed by atoms with Crippen molar-refractivity contribution in [1.82, 2.24) is 4.90 Å². The predicted molar refractivity (Wildman–Crippen MR) is 97.6 cm³/mol. The normalized spacial score (nSPS) is 15.6. The number of imide groups is 1. The van der Waals surface area contributed by atoms with E-state index in [2.05, 4.69) is 0 Å². The van der Waals surface area contributed by atoms with Crippen LogP contribution in [0.15, 0.2) is 53.4 Å². The van der Waals surface area contributed by atoms with Crippen molar-refractivity contribution in [2.45, 2.75) is 6.54 Å². The maximum atomic E-state index is 12.5. The first-order valence-electron chi connectivity index (χ1n) is 7.60. The maximum Gasteiger partial charge on any atom is 0.293 e. The fourth-order valence-electron chi connectivity index (χ4n) is 2.42. The minimum Gasteiger partial charge on any atom is -0.497 e. The second kappa shape index (κ2) is 7.40. The average molecular weight is 370 g/mol. The van der Waals surface area contributed by atoms with Gasteiger partial charge >= 0.3 is 0 Å². The average Bonchev–Trinajstić information content (AvgIpc) is 2.90. The number of nitro groups is 1. The van der Waals surface area contributed by atoms with Gasteiger partial charge in [-0.2, -0.15) is 0 Å². The topological polar surface area (TPSA) is 89.8 Å². The molecule has 0 bridgehead atoms. The van der Waals surface area contributed by atoms with Crippen molar-refractivity contribution in [1.29, 1.82) is 0 Å². The number of hydrogen-bond donors (Lipinski definition) is 0. The summed E-state index contributed by atoms with van der Waals surface area (Å²) in [6, 6.07) is 12.9. The zero-order valence-electron chi connectivity index (χ0n) is 13.7. The van der Waals surface area contributed by atoms with Gasteiger partial charge in [-0.3, -0.25) is 24.6 Å². The molecule has 1 heterocycles. The third-order valence-corrected chi connectivity index (χ3v) is 4.66. The van der Waals surface area contributed by atoms with Crippen LogP contribution in [0.25, 0.3) is 6.08 Å². The largest absolute Gasteiger partial charge is 0.497 e. The van der Waals surface area contributed by atoms with Crippen molar-refractivity contribution in [3.05, 3.63) is 74.7 Å². The summed E-state index contributed by atoms with van der Waals surface area (Å²) in [5.41, 5.74) is 1.35. The molecule has 0 unspecified atom stereocenters. The van der Waals surface area contributed by atoms with Crippen LogP contribution in [0.5, 0.6) is 5.75 Å². The number of carbonyl (C=O) groups excluding carboxylic acids is 2. The lowest BCUT2D eigenvalue weighted by Gasteiger charge is -2.12. The Morgan fingerprint density at radius 3 is 2.58 bits per heavy atom. The van der Waals surface area contributed by atoms with E-state index in [1.807, 2.05) is 6.07 Å². The Morgan fingerprint density at radius 2 is 1.92 bits per heavy atom. The Labute approximate surface area is 153 Å². The van der Waals surface area contributed by atoms with Crippen LogP contribution in [0.3, 0.4) is 0 Å². The molecule has 0 N–H and O–H groups in total. The number of thioether (sulfide) groups is 1. The minimum atomic E-state index is -0.499. The van der Waals surface area contributed by atoms with Crippen LogP contribution in [0.2, 0.25) is 0 Å². The van der Waals surface area contributed by atoms with Gasteiger partial charge < -0.3 is 4.74 Å². The van der Waals surface area contributed by atoms with Crippen molar-refractivity contribution in [3.8, 4) is 5.75 Å². The molecular formula is C18H14N2O5S. The van der Waals surface area contributed by atoms with Crippen LogP contribution in [0.4, 0.5) is 10.5 Å². The molecule has 1 fully saturated rings. The first kappa shape index (κ1) is 17.7. The number of benzene rings is 2. The lowest BCUT2D eigenvalue weighted by molar-refractivity contribution is -0.384. The SMILES string of the molecule is COc1cccc(/C=C2/SC(=O)N(Cc3ccc([N+](=O)[O-])cc3)C2=O)c1. The Morgan fingerprint density at radius 1 is 1.19 bits per heavy atom. The molecule has 1 aliphatic heterocycles. The minimum absolute atomic E-state index is 0.0409. The van der Waals surface area contributed by atoms with Crippen molar-refractivity contribution in [2.75, 3.05) is 7.11 Å². The lowest BCUT2D eigenvalue weighted by Crippen LogP contribution is -2.27. The van der Waals surface area contributed by atoms with E-state index < -0.39 is 4.92 Å². The van der Waals surface area contributed by atoms with E-state index in [9.17, 15) is 19.7 Å². The molecule has 0 aromatic heterocycles. The highest BCUT2D eigenvalue weighted by Crippen LogP contribution is 2.33. The van der Waals surface area contributed by atoms with E-state index in [0.717, 1.165) is 22.2 Å². The number of nitrogens with zero attached hydrogens (tertiary/aromatic N) is 2. The third kappa shape index (κ3) is 3.75. The molecule has 26 heavy (non-hydrogen) atoms. The monoisotopic (exact) mass is 370 g/mol. The fourth-order valence-corrected chi connectivity index (χ4v) is 3.26. The van der Waals surface area contributed by atoms with E-state index in [1.165, 1.54) is 24.3 Å². The first-order chi connectivity index (χ1) is 12.5. The summed E-state index contributed by atoms with van der Waals surface area (Å²) in [5, 5.41) is 10.3. The van der Waals surface area contributed by atoms with Gasteiger partial charge in [-0.05, 0) is 41.1 Å². The van der Waals surface area contributed by atoms with Gasteiger partial charge in [0.1, 0.15) is 5.75 Å². The first-order valence-corrected chi connectivity index (χ1v) is 8.42. The maximum absolute atomic E-state index is 12.5. The van der Waals surface area contributed by atoms with Gasteiger partial charge in [0.05, 0.1) is 23.5 Å². The lowest BCUT2D eigenvalue weighted by atomic mass is 10.2. The van der Waals surface area contributed by atoms with Crippen LogP contribution in [-0.4, -0.2) is 28.1 Å². The Hall–Kier alpha value is -3.13. The predicted octanol–water partition coefficient (Wildman–Crippen LogP) is 3.84. The van der Waals surface area contributed by atoms with E-state index >= 15 is 0 Å². The molecule has 2 amide bonds. The molecule has 1 saturated heterocycles. The zero-order chi connectivity index (χ0) is 18.7. The third-order valence-electron chi connectivity index (χ3n) is 3.75. The molecule has 0 aliphatic carbocycles. The molecule has 2 aromatic rings. The summed E-state index contributed by atoms with van der Waals surface area (Å²) in [6.07, 6.45) is 1.64. The van der Waals surface area contributed by atoms with Gasteiger partial charge in [-0.25, -0.2) is 0 Å². The highest BCUT2D eigenvalue weighted by atomic mass is 32.2. The molecule has 0 atom stereocenters. The number of non-ortho nitro benzene ring substituents is 1. The summed E-state index contributed by atoms with van der Waals surface area (Å²) in [5.74, 6) is 0.269. The van der Waals surface area contributed by atoms with Crippen LogP contribution < -0.4 is 4.74 Å². The van der Waals surface area contributed by atoms with Crippen molar-refractivity contribution in [2.24, 2.45) is 0 Å². The zero-order valence-corrected chi connectivity index (χ0v) is 14.6. The summed E-state index contributed by atoms with van der Waals surface area (Å²) in [6.45, 7) is 0.0676. The van der Waals surface area contributed by atoms with Gasteiger partial charge in [0.15, 0.2) is 0 Å². The number of rotatable bonds is 5. The molecule has 0 spiro atoms. The Kier molecular flexibility index (Phi) is 5.04. The number of hydrogen-bond acceptors (Lipinski definition) is 6. The van der Waals surface area contributed by atoms with Gasteiger partial charge in [0.2, 0.25) is 0 Å². The fraction of sp³-hybridized carbons (Fsp3) is 0.111. The number of nitro benzene ring substituents is 1. The number of carbonyl (C=O) groups is 2. The Bertz CT molecular complexity index is 908. The van der Waals surface area contributed by atoms with E-state index in [-0.39, 0.29) is 23.4 Å². The second-order valence-electron chi connectivity index (χ2n) is 5.47. The highest BCUT2D eigenvalue weighted by molar-refractivity contribution is 8.18. The van der Waals surface area contributed by atoms with Crippen LogP contribution in [0.1, 0.15) is 11.1 Å². The van der Waals surface area contributed by atoms with E-state index in [1.54, 1.807) is 31.4 Å². The van der Waals surface area contributed by atoms with Gasteiger partial charge in [-0.1, -0.05) is 24.3 Å². The standard InChI is InChI=1S/C18H14N2O5S/c1-25-15-4-2-3-13(9-15)10-16-17(21)19(18(22)26-16)11-12-5-7-14(8-6-12)20(23)24/h2-10H,11H2,1H3/b16-10+. The molecule has 2 aromatic carbocycles. The number of methoxy groups -OCH3 is 1. The second-order valence-corrected chi connectivity index (χ2v) is 6.46. The van der Waals surface area contributed by atoms with Crippen LogP contribution in [-0.2, 0) is 11.3 Å². The van der Waals surface area contributed by atoms with E-state index in [4.69, 9.17) is 4.74 Å².